The molecular weight excluding hydrogens is 340 g/mol. The minimum Gasteiger partial charge on any atom is -0.351 e. The molecular formula is C17H20N4O3S. The van der Waals surface area contributed by atoms with Gasteiger partial charge in [0.15, 0.2) is 9.84 Å². The average molecular weight is 360 g/mol. The van der Waals surface area contributed by atoms with Crippen LogP contribution in [0, 0.1) is 0 Å². The number of aromatic nitrogens is 2. The molecule has 7 nitrogen and oxygen atoms in total. The third kappa shape index (κ3) is 4.54. The number of sulfone groups is 1. The van der Waals surface area contributed by atoms with Crippen molar-refractivity contribution < 1.29 is 13.2 Å². The van der Waals surface area contributed by atoms with Crippen molar-refractivity contribution in [3.63, 3.8) is 0 Å². The van der Waals surface area contributed by atoms with E-state index in [4.69, 9.17) is 0 Å². The van der Waals surface area contributed by atoms with Gasteiger partial charge in [0.05, 0.1) is 17.1 Å². The lowest BCUT2D eigenvalue weighted by Crippen LogP contribution is -2.59. The van der Waals surface area contributed by atoms with Crippen molar-refractivity contribution in [3.8, 4) is 0 Å². The van der Waals surface area contributed by atoms with E-state index >= 15 is 0 Å². The highest BCUT2D eigenvalue weighted by atomic mass is 32.2. The lowest BCUT2D eigenvalue weighted by Gasteiger charge is -2.40. The molecule has 1 aliphatic rings. The molecule has 2 aromatic rings. The molecule has 8 heteroatoms. The first-order valence-corrected chi connectivity index (χ1v) is 9.90. The normalized spacial score (nSPS) is 14.8. The Kier molecular flexibility index (Phi) is 4.98. The van der Waals surface area contributed by atoms with Gasteiger partial charge >= 0.3 is 0 Å². The molecule has 1 aliphatic heterocycles. The maximum atomic E-state index is 12.0. The average Bonchev–Trinajstić information content (AvgIpc) is 2.56. The maximum absolute atomic E-state index is 12.0. The fourth-order valence-corrected chi connectivity index (χ4v) is 3.30. The summed E-state index contributed by atoms with van der Waals surface area (Å²) in [5, 5.41) is 3.00. The molecule has 25 heavy (non-hydrogen) atoms. The van der Waals surface area contributed by atoms with Crippen LogP contribution < -0.4 is 10.2 Å². The van der Waals surface area contributed by atoms with E-state index < -0.39 is 9.84 Å². The molecule has 0 bridgehead atoms. The summed E-state index contributed by atoms with van der Waals surface area (Å²) in [6.45, 7) is 1.46. The van der Waals surface area contributed by atoms with Gasteiger partial charge in [0.1, 0.15) is 5.82 Å². The zero-order chi connectivity index (χ0) is 17.9. The molecule has 0 aliphatic carbocycles. The van der Waals surface area contributed by atoms with Gasteiger partial charge in [-0.15, -0.1) is 0 Å². The van der Waals surface area contributed by atoms with Crippen molar-refractivity contribution in [1.82, 2.24) is 15.3 Å². The van der Waals surface area contributed by atoms with Crippen LogP contribution in [0.2, 0.25) is 0 Å². The Morgan fingerprint density at radius 2 is 1.96 bits per heavy atom. The number of nitrogens with one attached hydrogen (secondary N) is 1. The van der Waals surface area contributed by atoms with Crippen molar-refractivity contribution in [2.75, 3.05) is 24.2 Å². The molecule has 0 radical (unpaired) electrons. The molecule has 1 amide bonds. The summed E-state index contributed by atoms with van der Waals surface area (Å²) >= 11 is 0. The lowest BCUT2D eigenvalue weighted by atomic mass is 10.1. The Morgan fingerprint density at radius 1 is 1.24 bits per heavy atom. The minimum atomic E-state index is -3.18. The van der Waals surface area contributed by atoms with Gasteiger partial charge in [-0.1, -0.05) is 12.1 Å². The van der Waals surface area contributed by atoms with E-state index in [0.29, 0.717) is 17.7 Å². The first-order valence-electron chi connectivity index (χ1n) is 8.01. The van der Waals surface area contributed by atoms with Crippen LogP contribution >= 0.6 is 0 Å². The SMILES string of the molecule is CS(=O)(=O)c1ccc(CCC(=O)NC2CN(c3cnccn3)C2)cc1. The summed E-state index contributed by atoms with van der Waals surface area (Å²) in [4.78, 5) is 22.6. The van der Waals surface area contributed by atoms with Crippen molar-refractivity contribution in [2.45, 2.75) is 23.8 Å². The van der Waals surface area contributed by atoms with Gasteiger partial charge in [0.25, 0.3) is 0 Å². The summed E-state index contributed by atoms with van der Waals surface area (Å²) in [6.07, 6.45) is 7.12. The summed E-state index contributed by atoms with van der Waals surface area (Å²) in [6, 6.07) is 6.79. The Hall–Kier alpha value is -2.48. The lowest BCUT2D eigenvalue weighted by molar-refractivity contribution is -0.121. The van der Waals surface area contributed by atoms with E-state index in [1.54, 1.807) is 42.9 Å². The zero-order valence-electron chi connectivity index (χ0n) is 13.9. The summed E-state index contributed by atoms with van der Waals surface area (Å²) < 4.78 is 22.8. The van der Waals surface area contributed by atoms with Gasteiger partial charge in [-0.25, -0.2) is 13.4 Å². The highest BCUT2D eigenvalue weighted by Crippen LogP contribution is 2.17. The molecule has 2 heterocycles. The fourth-order valence-electron chi connectivity index (χ4n) is 2.67. The molecule has 3 rings (SSSR count). The monoisotopic (exact) mass is 360 g/mol. The van der Waals surface area contributed by atoms with E-state index in [1.807, 2.05) is 0 Å². The van der Waals surface area contributed by atoms with E-state index in [1.165, 1.54) is 6.26 Å². The van der Waals surface area contributed by atoms with Gasteiger partial charge in [-0.2, -0.15) is 0 Å². The maximum Gasteiger partial charge on any atom is 0.220 e. The topological polar surface area (TPSA) is 92.3 Å². The number of amides is 1. The van der Waals surface area contributed by atoms with Crippen molar-refractivity contribution >= 4 is 21.6 Å². The highest BCUT2D eigenvalue weighted by molar-refractivity contribution is 7.90. The number of hydrogen-bond donors (Lipinski definition) is 1. The number of hydrogen-bond acceptors (Lipinski definition) is 6. The molecule has 0 atom stereocenters. The van der Waals surface area contributed by atoms with E-state index in [0.717, 1.165) is 24.5 Å². The van der Waals surface area contributed by atoms with Crippen molar-refractivity contribution in [1.29, 1.82) is 0 Å². The van der Waals surface area contributed by atoms with E-state index in [2.05, 4.69) is 20.2 Å². The molecule has 0 spiro atoms. The van der Waals surface area contributed by atoms with Gasteiger partial charge in [0, 0.05) is 38.2 Å². The second-order valence-corrected chi connectivity index (χ2v) is 8.16. The van der Waals surface area contributed by atoms with Crippen molar-refractivity contribution in [3.05, 3.63) is 48.4 Å². The van der Waals surface area contributed by atoms with Crippen LogP contribution in [0.5, 0.6) is 0 Å². The van der Waals surface area contributed by atoms with Gasteiger partial charge in [-0.05, 0) is 24.1 Å². The second-order valence-electron chi connectivity index (χ2n) is 6.15. The summed E-state index contributed by atoms with van der Waals surface area (Å²) in [5.41, 5.74) is 0.942. The fraction of sp³-hybridized carbons (Fsp3) is 0.353. The largest absolute Gasteiger partial charge is 0.351 e. The zero-order valence-corrected chi connectivity index (χ0v) is 14.7. The third-order valence-electron chi connectivity index (χ3n) is 4.11. The van der Waals surface area contributed by atoms with Gasteiger partial charge in [0.2, 0.25) is 5.91 Å². The van der Waals surface area contributed by atoms with Crippen molar-refractivity contribution in [2.24, 2.45) is 0 Å². The Balaban J connectivity index is 1.42. The number of rotatable bonds is 6. The van der Waals surface area contributed by atoms with Gasteiger partial charge in [-0.3, -0.25) is 9.78 Å². The van der Waals surface area contributed by atoms with Gasteiger partial charge < -0.3 is 10.2 Å². The number of benzene rings is 1. The molecule has 1 aromatic heterocycles. The van der Waals surface area contributed by atoms with Crippen LogP contribution in [0.1, 0.15) is 12.0 Å². The smallest absolute Gasteiger partial charge is 0.220 e. The molecule has 0 saturated carbocycles. The molecule has 0 unspecified atom stereocenters. The van der Waals surface area contributed by atoms with Crippen LogP contribution in [0.3, 0.4) is 0 Å². The van der Waals surface area contributed by atoms with E-state index in [9.17, 15) is 13.2 Å². The Morgan fingerprint density at radius 3 is 2.56 bits per heavy atom. The standard InChI is InChI=1S/C17H20N4O3S/c1-25(23,24)15-5-2-13(3-6-15)4-7-17(22)20-14-11-21(12-14)16-10-18-8-9-19-16/h2-3,5-6,8-10,14H,4,7,11-12H2,1H3,(H,20,22). The van der Waals surface area contributed by atoms with Crippen LogP contribution in [0.15, 0.2) is 47.8 Å². The van der Waals surface area contributed by atoms with Crippen LogP contribution in [0.4, 0.5) is 5.82 Å². The Labute approximate surface area is 147 Å². The molecule has 132 valence electrons. The first kappa shape index (κ1) is 17.3. The molecule has 1 saturated heterocycles. The second kappa shape index (κ2) is 7.18. The number of carbonyl (C=O) groups is 1. The third-order valence-corrected chi connectivity index (χ3v) is 5.24. The summed E-state index contributed by atoms with van der Waals surface area (Å²) in [7, 11) is -3.18. The van der Waals surface area contributed by atoms with Crippen LogP contribution in [-0.2, 0) is 21.1 Å². The predicted octanol–water partition coefficient (Wildman–Crippen LogP) is 0.818. The minimum absolute atomic E-state index is 0.00372. The van der Waals surface area contributed by atoms with E-state index in [-0.39, 0.29) is 11.9 Å². The summed E-state index contributed by atoms with van der Waals surface area (Å²) in [5.74, 6) is 0.815. The first-order chi connectivity index (χ1) is 11.9. The quantitative estimate of drug-likeness (QED) is 0.820. The number of nitrogens with zero attached hydrogens (tertiary/aromatic N) is 3. The highest BCUT2D eigenvalue weighted by Gasteiger charge is 2.28. The van der Waals surface area contributed by atoms with Crippen LogP contribution in [-0.4, -0.2) is 49.7 Å². The molecule has 1 fully saturated rings. The number of anilines is 1. The number of aryl methyl sites for hydroxylation is 1. The van der Waals surface area contributed by atoms with Crippen LogP contribution in [0.25, 0.3) is 0 Å². The molecule has 1 N–H and O–H groups in total. The predicted molar refractivity (Wildman–Crippen MR) is 94.0 cm³/mol. The number of carbonyl (C=O) groups excluding carboxylic acids is 1. The Bertz CT molecular complexity index is 832. The molecule has 1 aromatic carbocycles.